The second-order valence-corrected chi connectivity index (χ2v) is 6.58. The lowest BCUT2D eigenvalue weighted by atomic mass is 10.2. The van der Waals surface area contributed by atoms with Crippen LogP contribution in [0.5, 0.6) is 0 Å². The highest BCUT2D eigenvalue weighted by molar-refractivity contribution is 7.90. The molecular weight excluding hydrogens is 296 g/mol. The Morgan fingerprint density at radius 3 is 2.60 bits per heavy atom. The quantitative estimate of drug-likeness (QED) is 0.731. The lowest BCUT2D eigenvalue weighted by Crippen LogP contribution is -2.12. The van der Waals surface area contributed by atoms with E-state index >= 15 is 0 Å². The van der Waals surface area contributed by atoms with E-state index in [2.05, 4.69) is 11.1 Å². The molecule has 0 saturated carbocycles. The number of aromatic nitrogens is 2. The molecule has 101 valence electrons. The molecule has 0 N–H and O–H groups in total. The van der Waals surface area contributed by atoms with Crippen LogP contribution in [0, 0.1) is 13.0 Å². The van der Waals surface area contributed by atoms with Gasteiger partial charge >= 0.3 is 0 Å². The van der Waals surface area contributed by atoms with Gasteiger partial charge in [-0.15, -0.1) is 0 Å². The van der Waals surface area contributed by atoms with Crippen molar-refractivity contribution in [3.63, 3.8) is 0 Å². The molecule has 0 unspecified atom stereocenters. The SMILES string of the molecule is Cc1ccc(S(=O)(=O)n2ccc3c(Cl)[c]cnc32)cc1. The number of hydrogen-bond acceptors (Lipinski definition) is 3. The van der Waals surface area contributed by atoms with Crippen LogP contribution >= 0.6 is 11.6 Å². The summed E-state index contributed by atoms with van der Waals surface area (Å²) in [6, 6.07) is 11.0. The molecule has 20 heavy (non-hydrogen) atoms. The second kappa shape index (κ2) is 4.61. The number of fused-ring (bicyclic) bond motifs is 1. The normalized spacial score (nSPS) is 11.9. The van der Waals surface area contributed by atoms with Gasteiger partial charge in [0.2, 0.25) is 0 Å². The standard InChI is InChI=1S/C14H10ClN2O2S/c1-10-2-4-11(5-3-10)20(18,19)17-9-7-12-13(15)6-8-16-14(12)17/h2-5,7-9H,1H3. The van der Waals surface area contributed by atoms with Crippen molar-refractivity contribution < 1.29 is 8.42 Å². The molecule has 3 rings (SSSR count). The third-order valence-electron chi connectivity index (χ3n) is 3.02. The summed E-state index contributed by atoms with van der Waals surface area (Å²) in [6.45, 7) is 1.90. The van der Waals surface area contributed by atoms with Gasteiger partial charge in [0.1, 0.15) is 0 Å². The van der Waals surface area contributed by atoms with Crippen molar-refractivity contribution in [2.45, 2.75) is 11.8 Å². The van der Waals surface area contributed by atoms with Crippen LogP contribution in [0.4, 0.5) is 0 Å². The van der Waals surface area contributed by atoms with Crippen molar-refractivity contribution in [2.24, 2.45) is 0 Å². The topological polar surface area (TPSA) is 52.0 Å². The Morgan fingerprint density at radius 1 is 1.20 bits per heavy atom. The van der Waals surface area contributed by atoms with Crippen LogP contribution in [0.25, 0.3) is 11.0 Å². The van der Waals surface area contributed by atoms with Crippen molar-refractivity contribution in [1.82, 2.24) is 8.96 Å². The van der Waals surface area contributed by atoms with E-state index < -0.39 is 10.0 Å². The third kappa shape index (κ3) is 1.99. The van der Waals surface area contributed by atoms with Gasteiger partial charge < -0.3 is 0 Å². The summed E-state index contributed by atoms with van der Waals surface area (Å²) < 4.78 is 26.3. The molecule has 0 amide bonds. The fourth-order valence-electron chi connectivity index (χ4n) is 1.95. The summed E-state index contributed by atoms with van der Waals surface area (Å²) in [5.41, 5.74) is 1.30. The van der Waals surface area contributed by atoms with Crippen molar-refractivity contribution in [1.29, 1.82) is 0 Å². The Kier molecular flexibility index (Phi) is 3.03. The van der Waals surface area contributed by atoms with Crippen molar-refractivity contribution in [2.75, 3.05) is 0 Å². The van der Waals surface area contributed by atoms with Gasteiger partial charge in [-0.1, -0.05) is 29.3 Å². The summed E-state index contributed by atoms with van der Waals surface area (Å²) in [5.74, 6) is 0. The van der Waals surface area contributed by atoms with Gasteiger partial charge in [0.25, 0.3) is 10.0 Å². The highest BCUT2D eigenvalue weighted by Gasteiger charge is 2.20. The van der Waals surface area contributed by atoms with Crippen LogP contribution in [0.3, 0.4) is 0 Å². The molecule has 1 radical (unpaired) electrons. The molecule has 0 fully saturated rings. The maximum atomic E-state index is 12.6. The molecular formula is C14H10ClN2O2S. The predicted molar refractivity (Wildman–Crippen MR) is 77.3 cm³/mol. The molecule has 0 saturated heterocycles. The van der Waals surface area contributed by atoms with Gasteiger partial charge in [0.05, 0.1) is 9.92 Å². The molecule has 3 aromatic rings. The summed E-state index contributed by atoms with van der Waals surface area (Å²) in [6.07, 6.45) is 2.82. The maximum Gasteiger partial charge on any atom is 0.269 e. The molecule has 0 aliphatic heterocycles. The van der Waals surface area contributed by atoms with Gasteiger partial charge in [-0.25, -0.2) is 17.4 Å². The van der Waals surface area contributed by atoms with Crippen molar-refractivity contribution >= 4 is 32.7 Å². The van der Waals surface area contributed by atoms with Crippen LogP contribution in [0.2, 0.25) is 5.02 Å². The van der Waals surface area contributed by atoms with Gasteiger partial charge in [0.15, 0.2) is 5.65 Å². The first kappa shape index (κ1) is 13.1. The molecule has 2 heterocycles. The summed E-state index contributed by atoms with van der Waals surface area (Å²) in [4.78, 5) is 4.27. The minimum atomic E-state index is -3.67. The smallest absolute Gasteiger partial charge is 0.237 e. The van der Waals surface area contributed by atoms with E-state index in [0.29, 0.717) is 16.1 Å². The molecule has 2 aromatic heterocycles. The number of aryl methyl sites for hydroxylation is 1. The second-order valence-electron chi connectivity index (χ2n) is 4.38. The Bertz CT molecular complexity index is 883. The zero-order chi connectivity index (χ0) is 14.3. The van der Waals surface area contributed by atoms with Gasteiger partial charge in [-0.3, -0.25) is 0 Å². The van der Waals surface area contributed by atoms with Gasteiger partial charge in [0, 0.05) is 23.8 Å². The number of pyridine rings is 1. The highest BCUT2D eigenvalue weighted by atomic mass is 35.5. The summed E-state index contributed by atoms with van der Waals surface area (Å²) >= 11 is 5.98. The van der Waals surface area contributed by atoms with Gasteiger partial charge in [-0.2, -0.15) is 0 Å². The number of nitrogens with zero attached hydrogens (tertiary/aromatic N) is 2. The lowest BCUT2D eigenvalue weighted by molar-refractivity contribution is 0.589. The van der Waals surface area contributed by atoms with E-state index in [-0.39, 0.29) is 4.90 Å². The molecule has 0 bridgehead atoms. The summed E-state index contributed by atoms with van der Waals surface area (Å²) in [5, 5.41) is 0.915. The molecule has 4 nitrogen and oxygen atoms in total. The average Bonchev–Trinajstić information content (AvgIpc) is 2.85. The molecule has 1 aromatic carbocycles. The average molecular weight is 306 g/mol. The monoisotopic (exact) mass is 305 g/mol. The first-order valence-electron chi connectivity index (χ1n) is 5.85. The molecule has 0 atom stereocenters. The first-order chi connectivity index (χ1) is 9.50. The zero-order valence-corrected chi connectivity index (χ0v) is 12.1. The van der Waals surface area contributed by atoms with E-state index in [1.807, 2.05) is 6.92 Å². The van der Waals surface area contributed by atoms with E-state index in [9.17, 15) is 8.42 Å². The number of benzene rings is 1. The maximum absolute atomic E-state index is 12.6. The molecule has 0 aliphatic rings. The summed E-state index contributed by atoms with van der Waals surface area (Å²) in [7, 11) is -3.67. The highest BCUT2D eigenvalue weighted by Crippen LogP contribution is 2.25. The van der Waals surface area contributed by atoms with Crippen LogP contribution in [0.15, 0.2) is 47.6 Å². The van der Waals surface area contributed by atoms with Gasteiger partial charge in [-0.05, 0) is 25.1 Å². The fourth-order valence-corrected chi connectivity index (χ4v) is 3.45. The number of halogens is 1. The Balaban J connectivity index is 2.24. The van der Waals surface area contributed by atoms with E-state index in [1.165, 1.54) is 12.4 Å². The number of hydrogen-bond donors (Lipinski definition) is 0. The van der Waals surface area contributed by atoms with E-state index in [1.54, 1.807) is 30.3 Å². The largest absolute Gasteiger partial charge is 0.269 e. The van der Waals surface area contributed by atoms with E-state index in [0.717, 1.165) is 9.54 Å². The molecule has 0 aliphatic carbocycles. The van der Waals surface area contributed by atoms with E-state index in [4.69, 9.17) is 11.6 Å². The number of rotatable bonds is 2. The Morgan fingerprint density at radius 2 is 1.90 bits per heavy atom. The Hall–Kier alpha value is -1.85. The Labute approximate surface area is 121 Å². The van der Waals surface area contributed by atoms with Crippen LogP contribution in [0.1, 0.15) is 5.56 Å². The minimum Gasteiger partial charge on any atom is -0.237 e. The van der Waals surface area contributed by atoms with Crippen LogP contribution in [-0.2, 0) is 10.0 Å². The molecule has 0 spiro atoms. The first-order valence-corrected chi connectivity index (χ1v) is 7.67. The lowest BCUT2D eigenvalue weighted by Gasteiger charge is -2.07. The third-order valence-corrected chi connectivity index (χ3v) is 5.01. The predicted octanol–water partition coefficient (Wildman–Crippen LogP) is 3.04. The fraction of sp³-hybridized carbons (Fsp3) is 0.0714. The van der Waals surface area contributed by atoms with Crippen LogP contribution in [-0.4, -0.2) is 17.4 Å². The van der Waals surface area contributed by atoms with Crippen molar-refractivity contribution in [3.05, 3.63) is 59.4 Å². The minimum absolute atomic E-state index is 0.214. The molecule has 6 heteroatoms. The zero-order valence-electron chi connectivity index (χ0n) is 10.5. The van der Waals surface area contributed by atoms with Crippen molar-refractivity contribution in [3.8, 4) is 0 Å². The van der Waals surface area contributed by atoms with Crippen LogP contribution < -0.4 is 0 Å².